The third kappa shape index (κ3) is 3.06. The van der Waals surface area contributed by atoms with Crippen LogP contribution in [-0.2, 0) is 0 Å². The van der Waals surface area contributed by atoms with Crippen molar-refractivity contribution in [2.75, 3.05) is 0 Å². The Hall–Kier alpha value is 1.19. The number of hydrogen-bond donors (Lipinski definition) is 0. The topological polar surface area (TPSA) is 0 Å². The molecule has 0 aliphatic rings. The van der Waals surface area contributed by atoms with Crippen molar-refractivity contribution in [1.29, 1.82) is 0 Å². The third-order valence-electron chi connectivity index (χ3n) is 0.866. The van der Waals surface area contributed by atoms with E-state index in [4.69, 9.17) is 0 Å². The molecule has 1 aromatic rings. The van der Waals surface area contributed by atoms with E-state index in [0.29, 0.717) is 0 Å². The van der Waals surface area contributed by atoms with E-state index in [-0.39, 0.29) is 51.4 Å². The monoisotopic (exact) mass is 190 g/mol. The van der Waals surface area contributed by atoms with E-state index >= 15 is 0 Å². The second-order valence-electron chi connectivity index (χ2n) is 1.59. The first kappa shape index (κ1) is 11.2. The molecule has 0 aromatic carbocycles. The largest absolute Gasteiger partial charge is 1.00 e. The number of thiophene rings is 1. The van der Waals surface area contributed by atoms with Gasteiger partial charge in [0, 0.05) is 0 Å². The molecule has 0 N–H and O–H groups in total. The van der Waals surface area contributed by atoms with Crippen LogP contribution in [-0.4, -0.2) is 6.98 Å². The summed E-state index contributed by atoms with van der Waals surface area (Å²) in [5, 5.41) is 1.42. The molecule has 0 fully saturated rings. The summed E-state index contributed by atoms with van der Waals surface area (Å²) in [5.74, 6) is 0. The Bertz CT molecular complexity index is 183. The first-order valence-electron chi connectivity index (χ1n) is 2.34. The van der Waals surface area contributed by atoms with Crippen LogP contribution in [0.2, 0.25) is 0 Å². The van der Waals surface area contributed by atoms with Gasteiger partial charge in [0.1, 0.15) is 0 Å². The zero-order valence-electron chi connectivity index (χ0n) is 5.35. The Morgan fingerprint density at radius 2 is 1.90 bits per heavy atom. The molecular weight excluding hydrogens is 187 g/mol. The van der Waals surface area contributed by atoms with Gasteiger partial charge in [0.05, 0.1) is 0 Å². The number of hydrogen-bond acceptors (Lipinski definition) is 1. The molecule has 0 radical (unpaired) electrons. The average molecular weight is 190 g/mol. The van der Waals surface area contributed by atoms with Gasteiger partial charge in [-0.05, 0) is 5.38 Å². The fourth-order valence-electron chi connectivity index (χ4n) is 0.478. The molecule has 0 aliphatic carbocycles. The summed E-state index contributed by atoms with van der Waals surface area (Å²) in [6, 6.07) is 2.49. The maximum absolute atomic E-state index is 11.7. The van der Waals surface area contributed by atoms with Crippen molar-refractivity contribution in [1.82, 2.24) is 0 Å². The van der Waals surface area contributed by atoms with Gasteiger partial charge in [0.15, 0.2) is 0 Å². The average Bonchev–Trinajstić information content (AvgIpc) is 2.08. The molecule has 0 spiro atoms. The summed E-state index contributed by atoms with van der Waals surface area (Å²) in [6.07, 6.45) is 0. The van der Waals surface area contributed by atoms with Gasteiger partial charge in [0.25, 0.3) is 0 Å². The first-order valence-corrected chi connectivity index (χ1v) is 3.22. The van der Waals surface area contributed by atoms with Gasteiger partial charge >= 0.3 is 58.4 Å². The Balaban J connectivity index is 0.000000810. The van der Waals surface area contributed by atoms with E-state index in [2.05, 4.69) is 0 Å². The van der Waals surface area contributed by atoms with Crippen LogP contribution < -0.4 is 56.2 Å². The van der Waals surface area contributed by atoms with Crippen LogP contribution in [0.4, 0.5) is 12.9 Å². The maximum atomic E-state index is 11.7. The van der Waals surface area contributed by atoms with Crippen LogP contribution >= 0.6 is 11.3 Å². The van der Waals surface area contributed by atoms with Crippen LogP contribution in [0.3, 0.4) is 0 Å². The smallest absolute Gasteiger partial charge is 0.444 e. The minimum Gasteiger partial charge on any atom is -0.444 e. The van der Waals surface area contributed by atoms with E-state index in [9.17, 15) is 12.9 Å². The van der Waals surface area contributed by atoms with Crippen molar-refractivity contribution < 1.29 is 64.3 Å². The number of halogens is 3. The quantitative estimate of drug-likeness (QED) is 0.488. The van der Waals surface area contributed by atoms with E-state index in [1.807, 2.05) is 0 Å². The third-order valence-corrected chi connectivity index (χ3v) is 1.83. The second kappa shape index (κ2) is 4.28. The van der Waals surface area contributed by atoms with E-state index < -0.39 is 11.8 Å². The fourth-order valence-corrected chi connectivity index (χ4v) is 1.10. The van der Waals surface area contributed by atoms with Crippen LogP contribution in [0.15, 0.2) is 17.5 Å². The van der Waals surface area contributed by atoms with Crippen LogP contribution in [0.1, 0.15) is 0 Å². The van der Waals surface area contributed by atoms with Crippen LogP contribution in [0.25, 0.3) is 0 Å². The molecule has 50 valence electrons. The van der Waals surface area contributed by atoms with Gasteiger partial charge < -0.3 is 12.9 Å². The first-order chi connectivity index (χ1) is 4.11. The van der Waals surface area contributed by atoms with Gasteiger partial charge in [-0.2, -0.15) is 11.3 Å². The molecule has 0 nitrogen and oxygen atoms in total. The zero-order valence-corrected chi connectivity index (χ0v) is 9.29. The molecule has 0 saturated carbocycles. The molecule has 0 unspecified atom stereocenters. The Kier molecular flexibility index (Phi) is 4.78. The molecule has 6 heteroatoms. The van der Waals surface area contributed by atoms with Crippen molar-refractivity contribution >= 4 is 23.1 Å². The summed E-state index contributed by atoms with van der Waals surface area (Å²) < 4.78 is 34.6. The zero-order chi connectivity index (χ0) is 6.91. The predicted octanol–water partition coefficient (Wildman–Crippen LogP) is -1.19. The summed E-state index contributed by atoms with van der Waals surface area (Å²) in [7, 11) is 0. The Morgan fingerprint density at radius 3 is 2.10 bits per heavy atom. The van der Waals surface area contributed by atoms with Crippen molar-refractivity contribution in [3.8, 4) is 0 Å². The van der Waals surface area contributed by atoms with Crippen molar-refractivity contribution in [2.24, 2.45) is 0 Å². The fraction of sp³-hybridized carbons (Fsp3) is 0. The molecule has 0 atom stereocenters. The molecular formula is C4H3BF3KS. The standard InChI is InChI=1S/C4H3BF3S.K/c6-5(7,8)4-2-1-3-9-4;/h1-3H;/q-1;+1. The molecule has 10 heavy (non-hydrogen) atoms. The van der Waals surface area contributed by atoms with E-state index in [1.54, 1.807) is 0 Å². The van der Waals surface area contributed by atoms with Crippen LogP contribution in [0.5, 0.6) is 0 Å². The van der Waals surface area contributed by atoms with Crippen LogP contribution in [0, 0.1) is 0 Å². The number of rotatable bonds is 1. The van der Waals surface area contributed by atoms with Gasteiger partial charge in [0.2, 0.25) is 0 Å². The normalized spacial score (nSPS) is 10.7. The molecule has 0 bridgehead atoms. The summed E-state index contributed by atoms with van der Waals surface area (Å²) in [5.41, 5.74) is 0. The van der Waals surface area contributed by atoms with Gasteiger partial charge in [-0.25, -0.2) is 0 Å². The summed E-state index contributed by atoms with van der Waals surface area (Å²) in [6.45, 7) is -4.75. The van der Waals surface area contributed by atoms with Gasteiger partial charge in [-0.1, -0.05) is 16.9 Å². The molecule has 1 rings (SSSR count). The summed E-state index contributed by atoms with van der Waals surface area (Å²) in [4.78, 5) is 0. The molecule has 0 amide bonds. The van der Waals surface area contributed by atoms with Crippen molar-refractivity contribution in [2.45, 2.75) is 0 Å². The molecule has 1 aromatic heterocycles. The minimum atomic E-state index is -4.75. The summed E-state index contributed by atoms with van der Waals surface area (Å²) >= 11 is 0.733. The van der Waals surface area contributed by atoms with E-state index in [0.717, 1.165) is 17.4 Å². The second-order valence-corrected chi connectivity index (χ2v) is 2.57. The predicted molar refractivity (Wildman–Crippen MR) is 33.0 cm³/mol. The Morgan fingerprint density at radius 1 is 1.30 bits per heavy atom. The SMILES string of the molecule is F[B-](F)(F)c1cccs1.[K+]. The van der Waals surface area contributed by atoms with Crippen molar-refractivity contribution in [3.05, 3.63) is 17.5 Å². The minimum absolute atomic E-state index is 0. The van der Waals surface area contributed by atoms with E-state index in [1.165, 1.54) is 11.4 Å². The van der Waals surface area contributed by atoms with Crippen molar-refractivity contribution in [3.63, 3.8) is 0 Å². The molecule has 1 heterocycles. The maximum Gasteiger partial charge on any atom is 1.00 e. The molecule has 0 aliphatic heterocycles. The van der Waals surface area contributed by atoms with Gasteiger partial charge in [-0.15, -0.1) is 0 Å². The molecule has 0 saturated heterocycles. The Labute approximate surface area is 103 Å². The van der Waals surface area contributed by atoms with Gasteiger partial charge in [-0.3, -0.25) is 0 Å².